The third-order valence-corrected chi connectivity index (χ3v) is 4.07. The van der Waals surface area contributed by atoms with Gasteiger partial charge in [0.15, 0.2) is 0 Å². The summed E-state index contributed by atoms with van der Waals surface area (Å²) in [5, 5.41) is 10.1. The first-order valence-electron chi connectivity index (χ1n) is 7.87. The van der Waals surface area contributed by atoms with E-state index in [4.69, 9.17) is 0 Å². The normalized spacial score (nSPS) is 16.1. The molecule has 7 heteroatoms. The van der Waals surface area contributed by atoms with E-state index >= 15 is 0 Å². The third-order valence-electron chi connectivity index (χ3n) is 4.07. The highest BCUT2D eigenvalue weighted by Crippen LogP contribution is 2.19. The molecule has 1 aliphatic heterocycles. The van der Waals surface area contributed by atoms with Crippen LogP contribution in [0.4, 0.5) is 10.3 Å². The Balaban J connectivity index is 1.54. The topological polar surface area (TPSA) is 69.6 Å². The van der Waals surface area contributed by atoms with E-state index < -0.39 is 11.9 Å². The summed E-state index contributed by atoms with van der Waals surface area (Å²) in [6.07, 6.45) is 2.33. The van der Waals surface area contributed by atoms with Crippen LogP contribution in [-0.2, 0) is 4.79 Å². The number of aliphatic hydroxyl groups excluding tert-OH is 1. The minimum atomic E-state index is -0.997. The molecule has 1 aromatic carbocycles. The summed E-state index contributed by atoms with van der Waals surface area (Å²) in [6.45, 7) is 2.39. The Morgan fingerprint density at radius 1 is 1.17 bits per heavy atom. The average molecular weight is 330 g/mol. The Labute approximate surface area is 139 Å². The summed E-state index contributed by atoms with van der Waals surface area (Å²) in [5.41, 5.74) is 0.416. The van der Waals surface area contributed by atoms with Crippen molar-refractivity contribution >= 4 is 11.9 Å². The van der Waals surface area contributed by atoms with Gasteiger partial charge in [-0.15, -0.1) is 0 Å². The van der Waals surface area contributed by atoms with Gasteiger partial charge in [0.1, 0.15) is 5.82 Å². The van der Waals surface area contributed by atoms with Crippen molar-refractivity contribution in [3.8, 4) is 0 Å². The van der Waals surface area contributed by atoms with Gasteiger partial charge in [0.25, 0.3) is 0 Å². The van der Waals surface area contributed by atoms with Crippen molar-refractivity contribution in [3.63, 3.8) is 0 Å². The van der Waals surface area contributed by atoms with Crippen molar-refractivity contribution in [1.82, 2.24) is 14.9 Å². The van der Waals surface area contributed by atoms with E-state index in [1.54, 1.807) is 29.4 Å². The number of nitrogens with zero attached hydrogens (tertiary/aromatic N) is 4. The number of carbonyl (C=O) groups excluding carboxylic acids is 1. The smallest absolute Gasteiger partial charge is 0.225 e. The highest BCUT2D eigenvalue weighted by Gasteiger charge is 2.24. The van der Waals surface area contributed by atoms with E-state index in [0.29, 0.717) is 37.7 Å². The molecule has 1 unspecified atom stereocenters. The minimum Gasteiger partial charge on any atom is -0.388 e. The predicted octanol–water partition coefficient (Wildman–Crippen LogP) is 1.39. The highest BCUT2D eigenvalue weighted by molar-refractivity contribution is 5.77. The van der Waals surface area contributed by atoms with Crippen LogP contribution < -0.4 is 4.90 Å². The molecule has 1 N–H and O–H groups in total. The van der Waals surface area contributed by atoms with Crippen molar-refractivity contribution < 1.29 is 14.3 Å². The van der Waals surface area contributed by atoms with E-state index in [1.807, 2.05) is 4.90 Å². The molecule has 1 saturated heterocycles. The molecule has 0 saturated carbocycles. The zero-order chi connectivity index (χ0) is 16.9. The van der Waals surface area contributed by atoms with E-state index in [0.717, 1.165) is 0 Å². The van der Waals surface area contributed by atoms with Crippen molar-refractivity contribution in [2.75, 3.05) is 31.1 Å². The van der Waals surface area contributed by atoms with E-state index in [9.17, 15) is 14.3 Å². The minimum absolute atomic E-state index is 0.0503. The molecule has 1 atom stereocenters. The summed E-state index contributed by atoms with van der Waals surface area (Å²) < 4.78 is 13.2. The van der Waals surface area contributed by atoms with Gasteiger partial charge in [-0.1, -0.05) is 12.1 Å². The molecular weight excluding hydrogens is 311 g/mol. The van der Waals surface area contributed by atoms with Crippen LogP contribution in [0.5, 0.6) is 0 Å². The molecule has 1 amide bonds. The molecule has 0 bridgehead atoms. The van der Waals surface area contributed by atoms with Crippen LogP contribution in [-0.4, -0.2) is 52.1 Å². The summed E-state index contributed by atoms with van der Waals surface area (Å²) in [5.74, 6) is 0.0975. The van der Waals surface area contributed by atoms with Gasteiger partial charge in [-0.2, -0.15) is 0 Å². The number of piperazine rings is 1. The van der Waals surface area contributed by atoms with Crippen molar-refractivity contribution in [1.29, 1.82) is 0 Å². The molecule has 6 nitrogen and oxygen atoms in total. The molecular formula is C17H19FN4O2. The second kappa shape index (κ2) is 7.35. The molecule has 24 heavy (non-hydrogen) atoms. The van der Waals surface area contributed by atoms with Crippen LogP contribution >= 0.6 is 0 Å². The fraction of sp³-hybridized carbons (Fsp3) is 0.353. The first kappa shape index (κ1) is 16.3. The number of hydrogen-bond donors (Lipinski definition) is 1. The summed E-state index contributed by atoms with van der Waals surface area (Å²) in [6, 6.07) is 7.46. The van der Waals surface area contributed by atoms with Crippen LogP contribution in [0, 0.1) is 5.82 Å². The van der Waals surface area contributed by atoms with E-state index in [1.165, 1.54) is 18.2 Å². The van der Waals surface area contributed by atoms with Gasteiger partial charge in [0.2, 0.25) is 11.9 Å². The predicted molar refractivity (Wildman–Crippen MR) is 86.8 cm³/mol. The number of halogens is 1. The Kier molecular flexibility index (Phi) is 5.00. The van der Waals surface area contributed by atoms with Gasteiger partial charge < -0.3 is 14.9 Å². The van der Waals surface area contributed by atoms with Gasteiger partial charge in [0, 0.05) is 38.6 Å². The van der Waals surface area contributed by atoms with Crippen molar-refractivity contribution in [2.45, 2.75) is 12.5 Å². The van der Waals surface area contributed by atoms with Gasteiger partial charge >= 0.3 is 0 Å². The van der Waals surface area contributed by atoms with E-state index in [2.05, 4.69) is 9.97 Å². The zero-order valence-electron chi connectivity index (χ0n) is 13.2. The van der Waals surface area contributed by atoms with Crippen LogP contribution in [0.15, 0.2) is 42.7 Å². The van der Waals surface area contributed by atoms with Gasteiger partial charge in [0.05, 0.1) is 12.5 Å². The Morgan fingerprint density at radius 2 is 1.88 bits per heavy atom. The highest BCUT2D eigenvalue weighted by atomic mass is 19.1. The number of benzene rings is 1. The second-order valence-corrected chi connectivity index (χ2v) is 5.69. The SMILES string of the molecule is O=C(CC(O)c1cccc(F)c1)N1CCN(c2ncccn2)CC1. The molecule has 1 fully saturated rings. The quantitative estimate of drug-likeness (QED) is 0.917. The average Bonchev–Trinajstić information content (AvgIpc) is 2.62. The lowest BCUT2D eigenvalue weighted by molar-refractivity contribution is -0.133. The first-order chi connectivity index (χ1) is 11.6. The second-order valence-electron chi connectivity index (χ2n) is 5.69. The maximum atomic E-state index is 13.2. The first-order valence-corrected chi connectivity index (χ1v) is 7.87. The lowest BCUT2D eigenvalue weighted by Crippen LogP contribution is -2.49. The number of rotatable bonds is 4. The summed E-state index contributed by atoms with van der Waals surface area (Å²) in [7, 11) is 0. The standard InChI is InChI=1S/C17H19FN4O2/c18-14-4-1-3-13(11-14)15(23)12-16(24)21-7-9-22(10-8-21)17-19-5-2-6-20-17/h1-6,11,15,23H,7-10,12H2. The lowest BCUT2D eigenvalue weighted by Gasteiger charge is -2.35. The molecule has 1 aliphatic rings. The molecule has 126 valence electrons. The van der Waals surface area contributed by atoms with Crippen LogP contribution in [0.1, 0.15) is 18.1 Å². The fourth-order valence-electron chi connectivity index (χ4n) is 2.74. The van der Waals surface area contributed by atoms with Crippen molar-refractivity contribution in [2.24, 2.45) is 0 Å². The summed E-state index contributed by atoms with van der Waals surface area (Å²) in [4.78, 5) is 24.5. The van der Waals surface area contributed by atoms with Gasteiger partial charge in [-0.05, 0) is 23.8 Å². The molecule has 0 aliphatic carbocycles. The Bertz CT molecular complexity index is 690. The Hall–Kier alpha value is -2.54. The van der Waals surface area contributed by atoms with Gasteiger partial charge in [-0.25, -0.2) is 14.4 Å². The number of hydrogen-bond acceptors (Lipinski definition) is 5. The maximum absolute atomic E-state index is 13.2. The maximum Gasteiger partial charge on any atom is 0.225 e. The van der Waals surface area contributed by atoms with E-state index in [-0.39, 0.29) is 12.3 Å². The third kappa shape index (κ3) is 3.86. The largest absolute Gasteiger partial charge is 0.388 e. The fourth-order valence-corrected chi connectivity index (χ4v) is 2.74. The van der Waals surface area contributed by atoms with Gasteiger partial charge in [-0.3, -0.25) is 4.79 Å². The molecule has 0 spiro atoms. The summed E-state index contributed by atoms with van der Waals surface area (Å²) >= 11 is 0. The molecule has 1 aromatic heterocycles. The van der Waals surface area contributed by atoms with Crippen LogP contribution in [0.25, 0.3) is 0 Å². The number of carbonyl (C=O) groups is 1. The number of amides is 1. The Morgan fingerprint density at radius 3 is 2.54 bits per heavy atom. The van der Waals surface area contributed by atoms with Crippen LogP contribution in [0.3, 0.4) is 0 Å². The van der Waals surface area contributed by atoms with Crippen LogP contribution in [0.2, 0.25) is 0 Å². The molecule has 0 radical (unpaired) electrons. The number of aliphatic hydroxyl groups is 1. The van der Waals surface area contributed by atoms with Crippen molar-refractivity contribution in [3.05, 3.63) is 54.1 Å². The molecule has 2 heterocycles. The zero-order valence-corrected chi connectivity index (χ0v) is 13.2. The monoisotopic (exact) mass is 330 g/mol. The molecule has 3 rings (SSSR count). The molecule has 2 aromatic rings. The lowest BCUT2D eigenvalue weighted by atomic mass is 10.1. The number of aromatic nitrogens is 2. The number of anilines is 1.